The number of hydrogen-bond acceptors (Lipinski definition) is 2. The van der Waals surface area contributed by atoms with Crippen LogP contribution in [0.15, 0.2) is 5.38 Å². The Morgan fingerprint density at radius 1 is 1.69 bits per heavy atom. The molecule has 0 saturated heterocycles. The Bertz CT molecular complexity index is 394. The van der Waals surface area contributed by atoms with E-state index in [-0.39, 0.29) is 0 Å². The van der Waals surface area contributed by atoms with Crippen LogP contribution in [0.2, 0.25) is 0 Å². The van der Waals surface area contributed by atoms with Gasteiger partial charge in [-0.3, -0.25) is 0 Å². The van der Waals surface area contributed by atoms with Crippen LogP contribution < -0.4 is 0 Å². The third-order valence-electron chi connectivity index (χ3n) is 3.48. The highest BCUT2D eigenvalue weighted by molar-refractivity contribution is 7.12. The van der Waals surface area contributed by atoms with Gasteiger partial charge in [0.05, 0.1) is 0 Å². The fourth-order valence-electron chi connectivity index (χ4n) is 2.67. The number of thiophene rings is 1. The van der Waals surface area contributed by atoms with Gasteiger partial charge in [0.2, 0.25) is 0 Å². The molecule has 3 heteroatoms. The molecule has 0 spiro atoms. The molecule has 0 amide bonds. The molecule has 1 aromatic heterocycles. The molecule has 3 rings (SSSR count). The Morgan fingerprint density at radius 2 is 2.46 bits per heavy atom. The summed E-state index contributed by atoms with van der Waals surface area (Å²) in [6.07, 6.45) is 1.01. The molecule has 2 nitrogen and oxygen atoms in total. The highest BCUT2D eigenvalue weighted by Gasteiger charge is 2.54. The van der Waals surface area contributed by atoms with E-state index in [1.165, 1.54) is 16.9 Å². The van der Waals surface area contributed by atoms with Gasteiger partial charge in [0.25, 0.3) is 0 Å². The SMILES string of the molecule is CC1C2Cc3c(csc3C(=O)O)C12. The summed E-state index contributed by atoms with van der Waals surface area (Å²) in [6, 6.07) is 0. The maximum atomic E-state index is 10.8. The molecule has 13 heavy (non-hydrogen) atoms. The Morgan fingerprint density at radius 3 is 3.15 bits per heavy atom. The first kappa shape index (κ1) is 7.56. The number of hydrogen-bond donors (Lipinski definition) is 1. The van der Waals surface area contributed by atoms with Crippen LogP contribution in [0.4, 0.5) is 0 Å². The van der Waals surface area contributed by atoms with Crippen molar-refractivity contribution < 1.29 is 9.90 Å². The highest BCUT2D eigenvalue weighted by atomic mass is 32.1. The van der Waals surface area contributed by atoms with E-state index < -0.39 is 5.97 Å². The summed E-state index contributed by atoms with van der Waals surface area (Å²) in [6.45, 7) is 2.26. The summed E-state index contributed by atoms with van der Waals surface area (Å²) >= 11 is 1.39. The molecule has 2 aliphatic rings. The Labute approximate surface area is 80.2 Å². The van der Waals surface area contributed by atoms with Crippen LogP contribution in [0.1, 0.15) is 33.6 Å². The zero-order chi connectivity index (χ0) is 9.16. The van der Waals surface area contributed by atoms with Crippen LogP contribution in [0, 0.1) is 11.8 Å². The van der Waals surface area contributed by atoms with Gasteiger partial charge >= 0.3 is 5.97 Å². The van der Waals surface area contributed by atoms with Gasteiger partial charge in [-0.15, -0.1) is 11.3 Å². The molecule has 3 atom stereocenters. The lowest BCUT2D eigenvalue weighted by molar-refractivity contribution is 0.0701. The standard InChI is InChI=1S/C10H10O2S/c1-4-5-2-6-7(8(4)5)3-13-9(6)10(11)12/h3-5,8H,2H2,1H3,(H,11,12). The molecular formula is C10H10O2S. The first-order valence-corrected chi connectivity index (χ1v) is 5.41. The van der Waals surface area contributed by atoms with Crippen LogP contribution in [-0.2, 0) is 6.42 Å². The van der Waals surface area contributed by atoms with Gasteiger partial charge in [-0.1, -0.05) is 6.92 Å². The van der Waals surface area contributed by atoms with Crippen LogP contribution >= 0.6 is 11.3 Å². The topological polar surface area (TPSA) is 37.3 Å². The first-order chi connectivity index (χ1) is 6.20. The first-order valence-electron chi connectivity index (χ1n) is 4.53. The number of carboxylic acid groups (broad SMARTS) is 1. The van der Waals surface area contributed by atoms with Crippen molar-refractivity contribution in [2.45, 2.75) is 19.3 Å². The van der Waals surface area contributed by atoms with Crippen LogP contribution in [0.25, 0.3) is 0 Å². The second kappa shape index (κ2) is 2.15. The predicted molar refractivity (Wildman–Crippen MR) is 50.4 cm³/mol. The Balaban J connectivity index is 2.08. The fourth-order valence-corrected chi connectivity index (χ4v) is 3.66. The molecule has 0 aliphatic heterocycles. The predicted octanol–water partition coefficient (Wildman–Crippen LogP) is 2.35. The summed E-state index contributed by atoms with van der Waals surface area (Å²) in [5.41, 5.74) is 2.46. The minimum Gasteiger partial charge on any atom is -0.477 e. The molecule has 1 heterocycles. The lowest BCUT2D eigenvalue weighted by Gasteiger charge is -1.98. The van der Waals surface area contributed by atoms with Crippen molar-refractivity contribution in [3.05, 3.63) is 21.4 Å². The number of carbonyl (C=O) groups is 1. The molecule has 0 bridgehead atoms. The van der Waals surface area contributed by atoms with Crippen molar-refractivity contribution in [1.82, 2.24) is 0 Å². The summed E-state index contributed by atoms with van der Waals surface area (Å²) < 4.78 is 0. The number of aromatic carboxylic acids is 1. The van der Waals surface area contributed by atoms with Gasteiger partial charge in [0, 0.05) is 0 Å². The van der Waals surface area contributed by atoms with Gasteiger partial charge in [0.1, 0.15) is 4.88 Å². The molecule has 3 unspecified atom stereocenters. The van der Waals surface area contributed by atoms with E-state index in [0.29, 0.717) is 10.8 Å². The molecule has 68 valence electrons. The second-order valence-corrected chi connectivity index (χ2v) is 4.94. The number of rotatable bonds is 1. The second-order valence-electron chi connectivity index (χ2n) is 4.06. The maximum Gasteiger partial charge on any atom is 0.346 e. The zero-order valence-corrected chi connectivity index (χ0v) is 8.10. The van der Waals surface area contributed by atoms with Crippen LogP contribution in [0.3, 0.4) is 0 Å². The Hall–Kier alpha value is -0.830. The van der Waals surface area contributed by atoms with Gasteiger partial charge in [0.15, 0.2) is 0 Å². The molecular weight excluding hydrogens is 184 g/mol. The quantitative estimate of drug-likeness (QED) is 0.745. The monoisotopic (exact) mass is 194 g/mol. The van der Waals surface area contributed by atoms with Crippen molar-refractivity contribution in [1.29, 1.82) is 0 Å². The summed E-state index contributed by atoms with van der Waals surface area (Å²) in [5.74, 6) is 1.50. The summed E-state index contributed by atoms with van der Waals surface area (Å²) in [4.78, 5) is 11.4. The minimum atomic E-state index is -0.750. The highest BCUT2D eigenvalue weighted by Crippen LogP contribution is 2.62. The van der Waals surface area contributed by atoms with Crippen molar-refractivity contribution in [2.24, 2.45) is 11.8 Å². The van der Waals surface area contributed by atoms with Gasteiger partial charge < -0.3 is 5.11 Å². The zero-order valence-electron chi connectivity index (χ0n) is 7.28. The molecule has 1 aromatic rings. The third-order valence-corrected chi connectivity index (χ3v) is 4.51. The van der Waals surface area contributed by atoms with E-state index in [1.54, 1.807) is 0 Å². The third kappa shape index (κ3) is 0.804. The van der Waals surface area contributed by atoms with Crippen molar-refractivity contribution in [2.75, 3.05) is 0 Å². The minimum absolute atomic E-state index is 0.578. The van der Waals surface area contributed by atoms with E-state index in [4.69, 9.17) is 5.11 Å². The molecule has 1 N–H and O–H groups in total. The van der Waals surface area contributed by atoms with Gasteiger partial charge in [-0.25, -0.2) is 4.79 Å². The van der Waals surface area contributed by atoms with Crippen molar-refractivity contribution >= 4 is 17.3 Å². The average molecular weight is 194 g/mol. The van der Waals surface area contributed by atoms with Gasteiger partial charge in [-0.2, -0.15) is 0 Å². The molecule has 1 fully saturated rings. The Kier molecular flexibility index (Phi) is 1.25. The smallest absolute Gasteiger partial charge is 0.346 e. The van der Waals surface area contributed by atoms with E-state index in [1.807, 2.05) is 5.38 Å². The van der Waals surface area contributed by atoms with Crippen LogP contribution in [0.5, 0.6) is 0 Å². The summed E-state index contributed by atoms with van der Waals surface area (Å²) in [5, 5.41) is 11.0. The number of fused-ring (bicyclic) bond motifs is 3. The van der Waals surface area contributed by atoms with E-state index in [9.17, 15) is 4.79 Å². The lowest BCUT2D eigenvalue weighted by Crippen LogP contribution is -1.98. The average Bonchev–Trinajstić information content (AvgIpc) is 2.49. The largest absolute Gasteiger partial charge is 0.477 e. The molecule has 2 aliphatic carbocycles. The van der Waals surface area contributed by atoms with Crippen molar-refractivity contribution in [3.8, 4) is 0 Å². The van der Waals surface area contributed by atoms with E-state index in [0.717, 1.165) is 23.8 Å². The van der Waals surface area contributed by atoms with Crippen LogP contribution in [-0.4, -0.2) is 11.1 Å². The summed E-state index contributed by atoms with van der Waals surface area (Å²) in [7, 11) is 0. The normalized spacial score (nSPS) is 34.1. The van der Waals surface area contributed by atoms with E-state index in [2.05, 4.69) is 6.92 Å². The van der Waals surface area contributed by atoms with Gasteiger partial charge in [-0.05, 0) is 40.7 Å². The lowest BCUT2D eigenvalue weighted by atomic mass is 10.1. The fraction of sp³-hybridized carbons (Fsp3) is 0.500. The molecule has 0 aromatic carbocycles. The number of carboxylic acids is 1. The maximum absolute atomic E-state index is 10.8. The molecule has 0 radical (unpaired) electrons. The van der Waals surface area contributed by atoms with Crippen molar-refractivity contribution in [3.63, 3.8) is 0 Å². The molecule has 1 saturated carbocycles. The van der Waals surface area contributed by atoms with E-state index >= 15 is 0 Å².